The Morgan fingerprint density at radius 3 is 2.23 bits per heavy atom. The quantitative estimate of drug-likeness (QED) is 0.300. The molecule has 1 heteroatoms. The lowest BCUT2D eigenvalue weighted by Crippen LogP contribution is -1.96. The van der Waals surface area contributed by atoms with Crippen LogP contribution in [0.4, 0.5) is 0 Å². The van der Waals surface area contributed by atoms with E-state index in [1.54, 1.807) is 0 Å². The van der Waals surface area contributed by atoms with E-state index in [0.29, 0.717) is 5.92 Å². The molecule has 5 aromatic rings. The third kappa shape index (κ3) is 1.52. The number of benzene rings is 4. The fourth-order valence-corrected chi connectivity index (χ4v) is 5.13. The molecule has 1 aromatic heterocycles. The second-order valence-electron chi connectivity index (χ2n) is 7.44. The van der Waals surface area contributed by atoms with Crippen LogP contribution in [0.15, 0.2) is 72.8 Å². The summed E-state index contributed by atoms with van der Waals surface area (Å²) in [6, 6.07) is 26.6. The summed E-state index contributed by atoms with van der Waals surface area (Å²) in [5.74, 6) is 0.413. The maximum atomic E-state index is 2.40. The van der Waals surface area contributed by atoms with Gasteiger partial charge in [0.2, 0.25) is 0 Å². The number of aryl methyl sites for hydroxylation is 1. The Balaban J connectivity index is 1.99. The average Bonchev–Trinajstić information content (AvgIpc) is 3.16. The minimum Gasteiger partial charge on any atom is -0.343 e. The van der Waals surface area contributed by atoms with Gasteiger partial charge in [0, 0.05) is 29.3 Å². The van der Waals surface area contributed by atoms with Crippen molar-refractivity contribution >= 4 is 32.6 Å². The van der Waals surface area contributed by atoms with Crippen LogP contribution in [0.3, 0.4) is 0 Å². The first-order chi connectivity index (χ1) is 12.8. The van der Waals surface area contributed by atoms with Crippen LogP contribution in [-0.2, 0) is 7.05 Å². The van der Waals surface area contributed by atoms with Crippen molar-refractivity contribution in [1.29, 1.82) is 0 Å². The fraction of sp³-hybridized carbons (Fsp3) is 0.120. The summed E-state index contributed by atoms with van der Waals surface area (Å²) in [4.78, 5) is 0. The lowest BCUT2D eigenvalue weighted by Gasteiger charge is -2.13. The van der Waals surface area contributed by atoms with E-state index in [0.717, 1.165) is 0 Å². The van der Waals surface area contributed by atoms with E-state index >= 15 is 0 Å². The molecule has 26 heavy (non-hydrogen) atoms. The van der Waals surface area contributed by atoms with Crippen LogP contribution in [0, 0.1) is 0 Å². The van der Waals surface area contributed by atoms with Gasteiger partial charge in [0.15, 0.2) is 0 Å². The van der Waals surface area contributed by atoms with Crippen molar-refractivity contribution in [3.63, 3.8) is 0 Å². The van der Waals surface area contributed by atoms with Gasteiger partial charge in [0.05, 0.1) is 5.52 Å². The van der Waals surface area contributed by atoms with Gasteiger partial charge in [-0.2, -0.15) is 0 Å². The number of aromatic nitrogens is 1. The van der Waals surface area contributed by atoms with Crippen LogP contribution < -0.4 is 0 Å². The number of para-hydroxylation sites is 1. The Morgan fingerprint density at radius 2 is 1.38 bits per heavy atom. The van der Waals surface area contributed by atoms with Gasteiger partial charge in [0.1, 0.15) is 0 Å². The van der Waals surface area contributed by atoms with Crippen molar-refractivity contribution in [1.82, 2.24) is 4.57 Å². The molecule has 0 saturated heterocycles. The molecule has 4 aromatic carbocycles. The highest BCUT2D eigenvalue weighted by Gasteiger charge is 2.31. The molecule has 124 valence electrons. The highest BCUT2D eigenvalue weighted by Crippen LogP contribution is 2.52. The molecule has 0 N–H and O–H groups in total. The van der Waals surface area contributed by atoms with Crippen molar-refractivity contribution in [3.05, 3.63) is 83.9 Å². The Hall–Kier alpha value is -3.06. The zero-order valence-corrected chi connectivity index (χ0v) is 15.0. The predicted molar refractivity (Wildman–Crippen MR) is 111 cm³/mol. The van der Waals surface area contributed by atoms with E-state index in [9.17, 15) is 0 Å². The van der Waals surface area contributed by atoms with Crippen LogP contribution in [0.5, 0.6) is 0 Å². The molecule has 0 radical (unpaired) electrons. The second kappa shape index (κ2) is 4.76. The van der Waals surface area contributed by atoms with E-state index in [4.69, 9.17) is 0 Å². The monoisotopic (exact) mass is 333 g/mol. The van der Waals surface area contributed by atoms with Gasteiger partial charge in [-0.25, -0.2) is 0 Å². The summed E-state index contributed by atoms with van der Waals surface area (Å²) in [5.41, 5.74) is 8.47. The average molecular weight is 333 g/mol. The summed E-state index contributed by atoms with van der Waals surface area (Å²) >= 11 is 0. The van der Waals surface area contributed by atoms with Crippen molar-refractivity contribution in [2.24, 2.45) is 7.05 Å². The Kier molecular flexibility index (Phi) is 2.59. The lowest BCUT2D eigenvalue weighted by molar-refractivity contribution is 0.937. The molecular weight excluding hydrogens is 314 g/mol. The summed E-state index contributed by atoms with van der Waals surface area (Å²) in [7, 11) is 2.22. The molecule has 1 aliphatic rings. The molecular formula is C25H19N. The Morgan fingerprint density at radius 1 is 0.731 bits per heavy atom. The van der Waals surface area contributed by atoms with Crippen LogP contribution in [0.2, 0.25) is 0 Å². The van der Waals surface area contributed by atoms with Gasteiger partial charge in [0.25, 0.3) is 0 Å². The molecule has 0 bridgehead atoms. The van der Waals surface area contributed by atoms with E-state index in [2.05, 4.69) is 91.3 Å². The predicted octanol–water partition coefficient (Wildman–Crippen LogP) is 6.62. The minimum absolute atomic E-state index is 0.413. The number of nitrogens with zero attached hydrogens (tertiary/aromatic N) is 1. The SMILES string of the molecule is CC1c2ccccc2-c2c1c1c(c3ccccc23)c2ccccc2n1C. The highest BCUT2D eigenvalue weighted by atomic mass is 14.9. The topological polar surface area (TPSA) is 4.93 Å². The van der Waals surface area contributed by atoms with Crippen molar-refractivity contribution < 1.29 is 0 Å². The number of hydrogen-bond acceptors (Lipinski definition) is 0. The molecule has 1 aliphatic carbocycles. The molecule has 1 unspecified atom stereocenters. The standard InChI is InChI=1S/C25H19N/c1-15-16-9-3-4-10-17(16)23-18-11-5-6-12-19(18)24-20-13-7-8-14-21(20)26(2)25(24)22(15)23/h3-15H,1-2H3. The summed E-state index contributed by atoms with van der Waals surface area (Å²) < 4.78 is 2.40. The van der Waals surface area contributed by atoms with Crippen molar-refractivity contribution in [2.45, 2.75) is 12.8 Å². The molecule has 0 spiro atoms. The zero-order valence-electron chi connectivity index (χ0n) is 15.0. The van der Waals surface area contributed by atoms with Crippen LogP contribution >= 0.6 is 0 Å². The zero-order chi connectivity index (χ0) is 17.4. The summed E-state index contributed by atoms with van der Waals surface area (Å²) in [5, 5.41) is 5.49. The normalized spacial score (nSPS) is 15.7. The van der Waals surface area contributed by atoms with Crippen molar-refractivity contribution in [2.75, 3.05) is 0 Å². The fourth-order valence-electron chi connectivity index (χ4n) is 5.13. The first kappa shape index (κ1) is 14.1. The van der Waals surface area contributed by atoms with E-state index in [1.807, 2.05) is 0 Å². The van der Waals surface area contributed by atoms with Gasteiger partial charge in [-0.3, -0.25) is 0 Å². The van der Waals surface area contributed by atoms with Crippen LogP contribution in [-0.4, -0.2) is 4.57 Å². The first-order valence-electron chi connectivity index (χ1n) is 9.28. The molecule has 0 amide bonds. The largest absolute Gasteiger partial charge is 0.343 e. The van der Waals surface area contributed by atoms with Gasteiger partial charge in [-0.05, 0) is 39.1 Å². The van der Waals surface area contributed by atoms with Crippen LogP contribution in [0.1, 0.15) is 24.0 Å². The van der Waals surface area contributed by atoms with Gasteiger partial charge < -0.3 is 4.57 Å². The maximum absolute atomic E-state index is 2.40. The van der Waals surface area contributed by atoms with Gasteiger partial charge in [-0.15, -0.1) is 0 Å². The number of fused-ring (bicyclic) bond motifs is 10. The number of rotatable bonds is 0. The smallest absolute Gasteiger partial charge is 0.0540 e. The number of hydrogen-bond donors (Lipinski definition) is 0. The lowest BCUT2D eigenvalue weighted by atomic mass is 9.91. The Labute approximate surface area is 152 Å². The summed E-state index contributed by atoms with van der Waals surface area (Å²) in [6.07, 6.45) is 0. The van der Waals surface area contributed by atoms with E-state index in [1.165, 1.54) is 54.8 Å². The molecule has 1 heterocycles. The first-order valence-corrected chi connectivity index (χ1v) is 9.28. The maximum Gasteiger partial charge on any atom is 0.0540 e. The minimum atomic E-state index is 0.413. The highest BCUT2D eigenvalue weighted by molar-refractivity contribution is 6.26. The molecule has 6 rings (SSSR count). The Bertz CT molecular complexity index is 1350. The van der Waals surface area contributed by atoms with E-state index in [-0.39, 0.29) is 0 Å². The van der Waals surface area contributed by atoms with Gasteiger partial charge in [-0.1, -0.05) is 73.7 Å². The van der Waals surface area contributed by atoms with Gasteiger partial charge >= 0.3 is 0 Å². The van der Waals surface area contributed by atoms with Crippen LogP contribution in [0.25, 0.3) is 43.7 Å². The molecule has 0 fully saturated rings. The third-order valence-electron chi connectivity index (χ3n) is 6.23. The molecule has 1 nitrogen and oxygen atoms in total. The van der Waals surface area contributed by atoms with Crippen molar-refractivity contribution in [3.8, 4) is 11.1 Å². The molecule has 0 saturated carbocycles. The molecule has 1 atom stereocenters. The summed E-state index contributed by atoms with van der Waals surface area (Å²) in [6.45, 7) is 2.36. The molecule has 0 aliphatic heterocycles. The second-order valence-corrected chi connectivity index (χ2v) is 7.44. The van der Waals surface area contributed by atoms with E-state index < -0.39 is 0 Å². The third-order valence-corrected chi connectivity index (χ3v) is 6.23.